The van der Waals surface area contributed by atoms with E-state index in [0.717, 1.165) is 24.4 Å². The van der Waals surface area contributed by atoms with Crippen molar-refractivity contribution in [3.05, 3.63) is 10.4 Å². The highest BCUT2D eigenvalue weighted by Crippen LogP contribution is 2.36. The van der Waals surface area contributed by atoms with Gasteiger partial charge in [0, 0.05) is 19.1 Å². The Morgan fingerprint density at radius 3 is 2.86 bits per heavy atom. The van der Waals surface area contributed by atoms with Gasteiger partial charge in [0.05, 0.1) is 24.5 Å². The van der Waals surface area contributed by atoms with E-state index in [0.29, 0.717) is 24.1 Å². The zero-order valence-corrected chi connectivity index (χ0v) is 12.6. The zero-order chi connectivity index (χ0) is 15.4. The van der Waals surface area contributed by atoms with E-state index >= 15 is 0 Å². The second-order valence-electron chi connectivity index (χ2n) is 4.74. The Morgan fingerprint density at radius 1 is 1.52 bits per heavy atom. The predicted molar refractivity (Wildman–Crippen MR) is 80.6 cm³/mol. The van der Waals surface area contributed by atoms with Crippen molar-refractivity contribution in [3.8, 4) is 0 Å². The highest BCUT2D eigenvalue weighted by Gasteiger charge is 2.26. The van der Waals surface area contributed by atoms with Crippen LogP contribution in [0.1, 0.15) is 33.4 Å². The molecule has 1 aliphatic rings. The lowest BCUT2D eigenvalue weighted by Gasteiger charge is -2.10. The smallest absolute Gasteiger partial charge is 0.350 e. The number of hydrogen-bond acceptors (Lipinski definition) is 7. The number of ether oxygens (including phenoxy) is 2. The number of primary amides is 1. The molecule has 1 aromatic heterocycles. The topological polar surface area (TPSA) is 117 Å². The Hall–Kier alpha value is -1.80. The van der Waals surface area contributed by atoms with Crippen LogP contribution in [0.3, 0.4) is 0 Å². The Morgan fingerprint density at radius 2 is 2.29 bits per heavy atom. The summed E-state index contributed by atoms with van der Waals surface area (Å²) in [6.07, 6.45) is 0.963. The molecule has 0 spiro atoms. The highest BCUT2D eigenvalue weighted by molar-refractivity contribution is 7.19. The van der Waals surface area contributed by atoms with Crippen LogP contribution < -0.4 is 16.8 Å². The molecule has 1 fully saturated rings. The average molecular weight is 313 g/mol. The van der Waals surface area contributed by atoms with Gasteiger partial charge >= 0.3 is 5.97 Å². The van der Waals surface area contributed by atoms with Crippen molar-refractivity contribution in [2.24, 2.45) is 11.7 Å². The van der Waals surface area contributed by atoms with E-state index in [1.165, 1.54) is 0 Å². The van der Waals surface area contributed by atoms with Crippen LogP contribution in [0.25, 0.3) is 0 Å². The van der Waals surface area contributed by atoms with Crippen LogP contribution in [-0.4, -0.2) is 38.2 Å². The molecule has 0 radical (unpaired) electrons. The molecule has 0 saturated carbocycles. The Labute approximate surface area is 126 Å². The van der Waals surface area contributed by atoms with E-state index in [1.807, 2.05) is 0 Å². The number of nitrogens with two attached hydrogens (primary N) is 2. The van der Waals surface area contributed by atoms with Gasteiger partial charge in [0.15, 0.2) is 0 Å². The lowest BCUT2D eigenvalue weighted by molar-refractivity contribution is 0.0533. The summed E-state index contributed by atoms with van der Waals surface area (Å²) in [6.45, 7) is 4.02. The van der Waals surface area contributed by atoms with E-state index in [1.54, 1.807) is 6.92 Å². The molecule has 0 bridgehead atoms. The predicted octanol–water partition coefficient (Wildman–Crippen LogP) is 1.05. The third-order valence-corrected chi connectivity index (χ3v) is 4.37. The van der Waals surface area contributed by atoms with Crippen molar-refractivity contribution in [1.29, 1.82) is 0 Å². The van der Waals surface area contributed by atoms with Crippen molar-refractivity contribution in [2.45, 2.75) is 13.3 Å². The van der Waals surface area contributed by atoms with Crippen molar-refractivity contribution in [2.75, 3.05) is 37.4 Å². The number of rotatable bonds is 6. The molecule has 2 rings (SSSR count). The maximum atomic E-state index is 11.8. The fraction of sp³-hybridized carbons (Fsp3) is 0.538. The largest absolute Gasteiger partial charge is 0.462 e. The van der Waals surface area contributed by atoms with Crippen molar-refractivity contribution >= 4 is 33.9 Å². The van der Waals surface area contributed by atoms with Gasteiger partial charge in [0.25, 0.3) is 5.91 Å². The van der Waals surface area contributed by atoms with E-state index in [9.17, 15) is 9.59 Å². The minimum atomic E-state index is -0.663. The normalized spacial score (nSPS) is 17.7. The third-order valence-electron chi connectivity index (χ3n) is 3.23. The highest BCUT2D eigenvalue weighted by atomic mass is 32.1. The molecule has 1 amide bonds. The monoisotopic (exact) mass is 313 g/mol. The molecule has 1 atom stereocenters. The molecule has 116 valence electrons. The fourth-order valence-electron chi connectivity index (χ4n) is 2.14. The number of nitrogens with one attached hydrogen (secondary N) is 1. The Bertz CT molecular complexity index is 538. The first kappa shape index (κ1) is 15.6. The molecular formula is C13H19N3O4S. The summed E-state index contributed by atoms with van der Waals surface area (Å²) in [5.41, 5.74) is 11.5. The van der Waals surface area contributed by atoms with Crippen molar-refractivity contribution in [1.82, 2.24) is 0 Å². The summed E-state index contributed by atoms with van der Waals surface area (Å²) in [7, 11) is 0. The van der Waals surface area contributed by atoms with Crippen LogP contribution in [0.15, 0.2) is 0 Å². The number of thiophene rings is 1. The summed E-state index contributed by atoms with van der Waals surface area (Å²) in [5, 5.41) is 3.65. The summed E-state index contributed by atoms with van der Waals surface area (Å²) < 4.78 is 10.2. The molecule has 1 aliphatic heterocycles. The van der Waals surface area contributed by atoms with Gasteiger partial charge in [-0.05, 0) is 13.3 Å². The van der Waals surface area contributed by atoms with Crippen LogP contribution in [0.4, 0.5) is 10.7 Å². The van der Waals surface area contributed by atoms with Gasteiger partial charge < -0.3 is 26.3 Å². The second kappa shape index (κ2) is 6.77. The molecule has 8 heteroatoms. The van der Waals surface area contributed by atoms with Crippen LogP contribution in [0.5, 0.6) is 0 Å². The average Bonchev–Trinajstić information content (AvgIpc) is 3.03. The summed E-state index contributed by atoms with van der Waals surface area (Å²) in [6, 6.07) is 0. The number of esters is 1. The Kier molecular flexibility index (Phi) is 5.03. The van der Waals surface area contributed by atoms with Crippen LogP contribution in [0.2, 0.25) is 0 Å². The molecule has 7 nitrogen and oxygen atoms in total. The van der Waals surface area contributed by atoms with E-state index < -0.39 is 11.9 Å². The summed E-state index contributed by atoms with van der Waals surface area (Å²) in [4.78, 5) is 23.6. The van der Waals surface area contributed by atoms with E-state index in [-0.39, 0.29) is 22.7 Å². The maximum Gasteiger partial charge on any atom is 0.350 e. The van der Waals surface area contributed by atoms with Gasteiger partial charge in [0.1, 0.15) is 9.88 Å². The van der Waals surface area contributed by atoms with Gasteiger partial charge in [-0.25, -0.2) is 4.79 Å². The molecule has 0 aromatic carbocycles. The van der Waals surface area contributed by atoms with Crippen LogP contribution >= 0.6 is 11.3 Å². The van der Waals surface area contributed by atoms with Gasteiger partial charge in [-0.1, -0.05) is 0 Å². The molecule has 5 N–H and O–H groups in total. The number of amides is 1. The standard InChI is InChI=1S/C13H19N3O4S/c1-2-20-13(18)10-9(14)8(11(15)17)12(21-10)16-5-7-3-4-19-6-7/h7,16H,2-6,14H2,1H3,(H2,15,17). The lowest BCUT2D eigenvalue weighted by atomic mass is 10.1. The third kappa shape index (κ3) is 3.45. The number of carbonyl (C=O) groups excluding carboxylic acids is 2. The number of carbonyl (C=O) groups is 2. The van der Waals surface area contributed by atoms with Crippen molar-refractivity contribution in [3.63, 3.8) is 0 Å². The zero-order valence-electron chi connectivity index (χ0n) is 11.8. The van der Waals surface area contributed by atoms with Gasteiger partial charge in [-0.3, -0.25) is 4.79 Å². The lowest BCUT2D eigenvalue weighted by Crippen LogP contribution is -2.18. The minimum absolute atomic E-state index is 0.0797. The van der Waals surface area contributed by atoms with Gasteiger partial charge in [0.2, 0.25) is 0 Å². The molecule has 2 heterocycles. The summed E-state index contributed by atoms with van der Waals surface area (Å²) >= 11 is 1.09. The van der Waals surface area contributed by atoms with Crippen molar-refractivity contribution < 1.29 is 19.1 Å². The SMILES string of the molecule is CCOC(=O)c1sc(NCC2CCOC2)c(C(N)=O)c1N. The van der Waals surface area contributed by atoms with Gasteiger partial charge in [-0.15, -0.1) is 11.3 Å². The molecule has 0 aliphatic carbocycles. The first-order valence-electron chi connectivity index (χ1n) is 6.75. The van der Waals surface area contributed by atoms with Crippen LogP contribution in [-0.2, 0) is 9.47 Å². The fourth-order valence-corrected chi connectivity index (χ4v) is 3.17. The van der Waals surface area contributed by atoms with E-state index in [2.05, 4.69) is 5.32 Å². The first-order chi connectivity index (χ1) is 10.0. The van der Waals surface area contributed by atoms with Crippen LogP contribution in [0, 0.1) is 5.92 Å². The molecule has 1 aromatic rings. The molecular weight excluding hydrogens is 294 g/mol. The quantitative estimate of drug-likeness (QED) is 0.676. The molecule has 21 heavy (non-hydrogen) atoms. The Balaban J connectivity index is 2.19. The minimum Gasteiger partial charge on any atom is -0.462 e. The number of nitrogen functional groups attached to an aromatic ring is 1. The van der Waals surface area contributed by atoms with Gasteiger partial charge in [-0.2, -0.15) is 0 Å². The maximum absolute atomic E-state index is 11.8. The molecule has 1 unspecified atom stereocenters. The summed E-state index contributed by atoms with van der Waals surface area (Å²) in [5.74, 6) is -0.829. The molecule has 1 saturated heterocycles. The second-order valence-corrected chi connectivity index (χ2v) is 5.76. The van der Waals surface area contributed by atoms with E-state index in [4.69, 9.17) is 20.9 Å². The number of anilines is 2. The first-order valence-corrected chi connectivity index (χ1v) is 7.57. The number of hydrogen-bond donors (Lipinski definition) is 3.